The molecule has 3 rings (SSSR count). The number of nitrogens with zero attached hydrogens (tertiary/aromatic N) is 4. The van der Waals surface area contributed by atoms with Crippen LogP contribution in [0.15, 0.2) is 53.0 Å². The second kappa shape index (κ2) is 8.31. The second-order valence-corrected chi connectivity index (χ2v) is 7.41. The van der Waals surface area contributed by atoms with Crippen LogP contribution in [0.3, 0.4) is 0 Å². The van der Waals surface area contributed by atoms with Crippen molar-refractivity contribution in [1.82, 2.24) is 19.7 Å². The Balaban J connectivity index is 1.61. The molecule has 0 N–H and O–H groups in total. The highest BCUT2D eigenvalue weighted by molar-refractivity contribution is 7.99. The highest BCUT2D eigenvalue weighted by atomic mass is 32.2. The minimum absolute atomic E-state index is 0.108. The van der Waals surface area contributed by atoms with Gasteiger partial charge >= 0.3 is 0 Å². The van der Waals surface area contributed by atoms with E-state index in [1.54, 1.807) is 11.3 Å². The molecule has 25 heavy (non-hydrogen) atoms. The monoisotopic (exact) mass is 372 g/mol. The molecular weight excluding hydrogens is 352 g/mol. The minimum atomic E-state index is 0.108. The molecule has 0 radical (unpaired) electrons. The zero-order chi connectivity index (χ0) is 17.6. The van der Waals surface area contributed by atoms with E-state index in [9.17, 15) is 4.79 Å². The summed E-state index contributed by atoms with van der Waals surface area (Å²) in [6.45, 7) is 3.33. The van der Waals surface area contributed by atoms with E-state index >= 15 is 0 Å². The maximum atomic E-state index is 12.5. The molecule has 1 aromatic carbocycles. The van der Waals surface area contributed by atoms with Crippen LogP contribution in [0.2, 0.25) is 0 Å². The van der Waals surface area contributed by atoms with E-state index in [4.69, 9.17) is 0 Å². The fourth-order valence-corrected chi connectivity index (χ4v) is 4.02. The molecule has 5 nitrogen and oxygen atoms in total. The molecule has 0 bridgehead atoms. The van der Waals surface area contributed by atoms with E-state index in [0.717, 1.165) is 21.4 Å². The maximum absolute atomic E-state index is 12.5. The first-order valence-corrected chi connectivity index (χ1v) is 9.93. The number of aromatic nitrogens is 3. The summed E-state index contributed by atoms with van der Waals surface area (Å²) in [7, 11) is 1.93. The Labute approximate surface area is 155 Å². The van der Waals surface area contributed by atoms with E-state index in [0.29, 0.717) is 18.8 Å². The Hall–Kier alpha value is -2.12. The Morgan fingerprint density at radius 3 is 2.68 bits per heavy atom. The van der Waals surface area contributed by atoms with E-state index in [1.807, 2.05) is 71.3 Å². The molecule has 1 amide bonds. The van der Waals surface area contributed by atoms with Gasteiger partial charge in [0.05, 0.1) is 10.6 Å². The number of thioether (sulfide) groups is 1. The van der Waals surface area contributed by atoms with Crippen LogP contribution >= 0.6 is 23.1 Å². The van der Waals surface area contributed by atoms with Crippen molar-refractivity contribution in [2.45, 2.75) is 18.6 Å². The normalized spacial score (nSPS) is 10.8. The quantitative estimate of drug-likeness (QED) is 0.594. The molecule has 2 heterocycles. The third-order valence-corrected chi connectivity index (χ3v) is 5.72. The molecule has 0 spiro atoms. The van der Waals surface area contributed by atoms with Crippen molar-refractivity contribution < 1.29 is 4.79 Å². The average molecular weight is 373 g/mol. The van der Waals surface area contributed by atoms with Gasteiger partial charge < -0.3 is 9.47 Å². The van der Waals surface area contributed by atoms with Gasteiger partial charge in [-0.05, 0) is 23.9 Å². The van der Waals surface area contributed by atoms with Gasteiger partial charge in [-0.25, -0.2) is 0 Å². The number of amides is 1. The molecule has 0 fully saturated rings. The Kier molecular flexibility index (Phi) is 5.88. The number of carbonyl (C=O) groups excluding carboxylic acids is 1. The number of hydrogen-bond acceptors (Lipinski definition) is 5. The average Bonchev–Trinajstić information content (AvgIpc) is 3.28. The van der Waals surface area contributed by atoms with Crippen molar-refractivity contribution in [2.24, 2.45) is 7.05 Å². The summed E-state index contributed by atoms with van der Waals surface area (Å²) in [4.78, 5) is 15.5. The minimum Gasteiger partial charge on any atom is -0.338 e. The summed E-state index contributed by atoms with van der Waals surface area (Å²) in [5.74, 6) is 1.30. The standard InChI is InChI=1S/C18H20N4OS2/c1-3-22(12-14-8-5-4-6-9-14)16(23)13-25-18-20-19-17(21(18)2)15-10-7-11-24-15/h4-11H,3,12-13H2,1-2H3. The maximum Gasteiger partial charge on any atom is 0.233 e. The zero-order valence-corrected chi connectivity index (χ0v) is 15.9. The largest absolute Gasteiger partial charge is 0.338 e. The van der Waals surface area contributed by atoms with Gasteiger partial charge in [0.2, 0.25) is 5.91 Å². The van der Waals surface area contributed by atoms with Crippen molar-refractivity contribution in [3.05, 3.63) is 53.4 Å². The zero-order valence-electron chi connectivity index (χ0n) is 14.3. The molecule has 2 aromatic heterocycles. The molecule has 0 aliphatic carbocycles. The number of hydrogen-bond donors (Lipinski definition) is 0. The van der Waals surface area contributed by atoms with Crippen LogP contribution < -0.4 is 0 Å². The number of rotatable bonds is 7. The molecule has 0 saturated heterocycles. The van der Waals surface area contributed by atoms with Crippen LogP contribution in [0.5, 0.6) is 0 Å². The third-order valence-electron chi connectivity index (χ3n) is 3.85. The molecule has 7 heteroatoms. The number of carbonyl (C=O) groups is 1. The summed E-state index contributed by atoms with van der Waals surface area (Å²) in [5.41, 5.74) is 1.14. The van der Waals surface area contributed by atoms with Gasteiger partial charge in [0.25, 0.3) is 0 Å². The second-order valence-electron chi connectivity index (χ2n) is 5.52. The molecule has 0 atom stereocenters. The van der Waals surface area contributed by atoms with E-state index < -0.39 is 0 Å². The van der Waals surface area contributed by atoms with Crippen molar-refractivity contribution in [3.63, 3.8) is 0 Å². The van der Waals surface area contributed by atoms with Crippen LogP contribution in [0.4, 0.5) is 0 Å². The Bertz CT molecular complexity index is 815. The van der Waals surface area contributed by atoms with Gasteiger partial charge in [0, 0.05) is 20.1 Å². The summed E-state index contributed by atoms with van der Waals surface area (Å²) < 4.78 is 1.94. The van der Waals surface area contributed by atoms with Gasteiger partial charge in [-0.1, -0.05) is 48.2 Å². The molecule has 3 aromatic rings. The van der Waals surface area contributed by atoms with E-state index in [-0.39, 0.29) is 5.91 Å². The van der Waals surface area contributed by atoms with Crippen molar-refractivity contribution in [3.8, 4) is 10.7 Å². The molecule has 0 aliphatic rings. The predicted octanol–water partition coefficient (Wildman–Crippen LogP) is 3.68. The first-order chi connectivity index (χ1) is 12.2. The highest BCUT2D eigenvalue weighted by Gasteiger charge is 2.16. The molecule has 0 saturated carbocycles. The third kappa shape index (κ3) is 4.29. The van der Waals surface area contributed by atoms with Gasteiger partial charge in [-0.3, -0.25) is 4.79 Å². The lowest BCUT2D eigenvalue weighted by atomic mass is 10.2. The van der Waals surface area contributed by atoms with Crippen LogP contribution in [0.1, 0.15) is 12.5 Å². The van der Waals surface area contributed by atoms with Crippen molar-refractivity contribution in [1.29, 1.82) is 0 Å². The molecule has 0 aliphatic heterocycles. The smallest absolute Gasteiger partial charge is 0.233 e. The van der Waals surface area contributed by atoms with Crippen LogP contribution in [-0.4, -0.2) is 37.9 Å². The summed E-state index contributed by atoms with van der Waals surface area (Å²) in [5, 5.41) is 11.2. The molecule has 130 valence electrons. The lowest BCUT2D eigenvalue weighted by Crippen LogP contribution is -2.31. The molecular formula is C18H20N4OS2. The van der Waals surface area contributed by atoms with Crippen LogP contribution in [0.25, 0.3) is 10.7 Å². The van der Waals surface area contributed by atoms with E-state index in [2.05, 4.69) is 10.2 Å². The first kappa shape index (κ1) is 17.7. The summed E-state index contributed by atoms with van der Waals surface area (Å²) >= 11 is 3.06. The van der Waals surface area contributed by atoms with Gasteiger partial charge in [0.1, 0.15) is 0 Å². The van der Waals surface area contributed by atoms with E-state index in [1.165, 1.54) is 11.8 Å². The highest BCUT2D eigenvalue weighted by Crippen LogP contribution is 2.26. The van der Waals surface area contributed by atoms with Crippen LogP contribution in [0, 0.1) is 0 Å². The van der Waals surface area contributed by atoms with Crippen molar-refractivity contribution >= 4 is 29.0 Å². The van der Waals surface area contributed by atoms with Crippen LogP contribution in [-0.2, 0) is 18.4 Å². The predicted molar refractivity (Wildman–Crippen MR) is 103 cm³/mol. The Morgan fingerprint density at radius 2 is 2.00 bits per heavy atom. The lowest BCUT2D eigenvalue weighted by molar-refractivity contribution is -0.128. The Morgan fingerprint density at radius 1 is 1.20 bits per heavy atom. The van der Waals surface area contributed by atoms with Crippen molar-refractivity contribution in [2.75, 3.05) is 12.3 Å². The van der Waals surface area contributed by atoms with Gasteiger partial charge in [0.15, 0.2) is 11.0 Å². The first-order valence-electron chi connectivity index (χ1n) is 8.06. The summed E-state index contributed by atoms with van der Waals surface area (Å²) in [6, 6.07) is 14.1. The lowest BCUT2D eigenvalue weighted by Gasteiger charge is -2.20. The number of benzene rings is 1. The fourth-order valence-electron chi connectivity index (χ4n) is 2.46. The SMILES string of the molecule is CCN(Cc1ccccc1)C(=O)CSc1nnc(-c2cccs2)n1C. The summed E-state index contributed by atoms with van der Waals surface area (Å²) in [6.07, 6.45) is 0. The number of thiophene rings is 1. The van der Waals surface area contributed by atoms with Gasteiger partial charge in [-0.2, -0.15) is 0 Å². The van der Waals surface area contributed by atoms with Gasteiger partial charge in [-0.15, -0.1) is 21.5 Å². The fraction of sp³-hybridized carbons (Fsp3) is 0.278. The molecule has 0 unspecified atom stereocenters. The topological polar surface area (TPSA) is 51.0 Å².